The minimum absolute atomic E-state index is 0.0238. The standard InChI is InChI=1S/C35H49O3P/c1-21-14-15-30(27(18-21)33(5,6)7)39(36)37-31-25(16-22(2)19-28(31)34(8,9)10)24(4)26-17-23(3)20-29(32(26)38-39)35(11,12)13/h14-20,24,36,39H,1-13H3. The number of hydrogen-bond acceptors (Lipinski definition) is 3. The van der Waals surface area contributed by atoms with Crippen molar-refractivity contribution in [1.82, 2.24) is 0 Å². The fourth-order valence-corrected chi connectivity index (χ4v) is 8.07. The van der Waals surface area contributed by atoms with Crippen molar-refractivity contribution in [3.8, 4) is 11.5 Å². The summed E-state index contributed by atoms with van der Waals surface area (Å²) >= 11 is 0. The van der Waals surface area contributed by atoms with Crippen LogP contribution in [0.5, 0.6) is 11.5 Å². The summed E-state index contributed by atoms with van der Waals surface area (Å²) in [6, 6.07) is 15.2. The second-order valence-electron chi connectivity index (χ2n) is 14.8. The van der Waals surface area contributed by atoms with Crippen LogP contribution in [0.1, 0.15) is 120 Å². The molecule has 0 unspecified atom stereocenters. The van der Waals surface area contributed by atoms with Gasteiger partial charge in [0.15, 0.2) is 0 Å². The minimum atomic E-state index is -4.06. The molecule has 4 rings (SSSR count). The average Bonchev–Trinajstić information content (AvgIpc) is 2.77. The third-order valence-electron chi connectivity index (χ3n) is 7.88. The van der Waals surface area contributed by atoms with Crippen LogP contribution < -0.4 is 14.4 Å². The second-order valence-corrected chi connectivity index (χ2v) is 16.9. The predicted molar refractivity (Wildman–Crippen MR) is 169 cm³/mol. The maximum absolute atomic E-state index is 12.9. The zero-order valence-electron chi connectivity index (χ0n) is 26.4. The molecule has 3 aromatic rings. The molecule has 1 aliphatic rings. The molecule has 0 spiro atoms. The van der Waals surface area contributed by atoms with E-state index in [4.69, 9.17) is 9.05 Å². The first-order chi connectivity index (χ1) is 17.7. The quantitative estimate of drug-likeness (QED) is 0.308. The van der Waals surface area contributed by atoms with Crippen molar-refractivity contribution < 1.29 is 13.9 Å². The van der Waals surface area contributed by atoms with Crippen LogP contribution in [-0.2, 0) is 16.2 Å². The molecule has 0 aromatic heterocycles. The van der Waals surface area contributed by atoms with E-state index in [1.54, 1.807) is 0 Å². The molecule has 1 aliphatic heterocycles. The van der Waals surface area contributed by atoms with Gasteiger partial charge in [0.25, 0.3) is 0 Å². The third-order valence-corrected chi connectivity index (χ3v) is 9.96. The summed E-state index contributed by atoms with van der Waals surface area (Å²) in [6.07, 6.45) is 0. The van der Waals surface area contributed by atoms with Crippen molar-refractivity contribution in [3.05, 3.63) is 87.0 Å². The van der Waals surface area contributed by atoms with Crippen molar-refractivity contribution in [3.63, 3.8) is 0 Å². The zero-order chi connectivity index (χ0) is 29.3. The van der Waals surface area contributed by atoms with Crippen LogP contribution >= 0.6 is 7.94 Å². The number of rotatable bonds is 1. The molecule has 3 aromatic carbocycles. The molecule has 3 nitrogen and oxygen atoms in total. The van der Waals surface area contributed by atoms with Gasteiger partial charge in [-0.1, -0.05) is 0 Å². The summed E-state index contributed by atoms with van der Waals surface area (Å²) in [6.45, 7) is 28.4. The van der Waals surface area contributed by atoms with E-state index in [2.05, 4.69) is 126 Å². The molecule has 0 amide bonds. The fraction of sp³-hybridized carbons (Fsp3) is 0.486. The van der Waals surface area contributed by atoms with Crippen molar-refractivity contribution in [2.24, 2.45) is 0 Å². The Kier molecular flexibility index (Phi) is 7.32. The molecule has 1 heterocycles. The van der Waals surface area contributed by atoms with E-state index >= 15 is 0 Å². The fourth-order valence-electron chi connectivity index (χ4n) is 5.72. The van der Waals surface area contributed by atoms with Crippen molar-refractivity contribution in [2.75, 3.05) is 0 Å². The first-order valence-electron chi connectivity index (χ1n) is 14.2. The summed E-state index contributed by atoms with van der Waals surface area (Å²) in [5.41, 5.74) is 8.40. The van der Waals surface area contributed by atoms with Crippen LogP contribution in [-0.4, -0.2) is 4.89 Å². The normalized spacial score (nSPS) is 18.2. The molecule has 0 atom stereocenters. The molecule has 39 heavy (non-hydrogen) atoms. The van der Waals surface area contributed by atoms with E-state index in [0.29, 0.717) is 0 Å². The molecule has 0 radical (unpaired) electrons. The summed E-state index contributed by atoms with van der Waals surface area (Å²) in [5, 5.41) is 0.771. The second kappa shape index (κ2) is 9.64. The summed E-state index contributed by atoms with van der Waals surface area (Å²) in [4.78, 5) is 12.9. The Bertz CT molecular complexity index is 1340. The number of benzene rings is 3. The van der Waals surface area contributed by atoms with Crippen LogP contribution in [0.25, 0.3) is 0 Å². The molecule has 4 heteroatoms. The van der Waals surface area contributed by atoms with Gasteiger partial charge in [0.05, 0.1) is 0 Å². The van der Waals surface area contributed by atoms with Crippen LogP contribution in [0.4, 0.5) is 0 Å². The Morgan fingerprint density at radius 3 is 1.36 bits per heavy atom. The molecular formula is C35H49O3P. The van der Waals surface area contributed by atoms with Gasteiger partial charge in [-0.3, -0.25) is 0 Å². The van der Waals surface area contributed by atoms with Gasteiger partial charge < -0.3 is 0 Å². The Balaban J connectivity index is 2.18. The van der Waals surface area contributed by atoms with Gasteiger partial charge in [-0.25, -0.2) is 0 Å². The van der Waals surface area contributed by atoms with Crippen molar-refractivity contribution >= 4 is 13.2 Å². The van der Waals surface area contributed by atoms with Crippen molar-refractivity contribution in [1.29, 1.82) is 0 Å². The Morgan fingerprint density at radius 2 is 0.974 bits per heavy atom. The van der Waals surface area contributed by atoms with Crippen LogP contribution in [0, 0.1) is 20.8 Å². The van der Waals surface area contributed by atoms with Gasteiger partial charge in [0, 0.05) is 0 Å². The molecule has 0 aliphatic carbocycles. The molecule has 1 N–H and O–H groups in total. The monoisotopic (exact) mass is 548 g/mol. The van der Waals surface area contributed by atoms with Gasteiger partial charge >= 0.3 is 238 Å². The van der Waals surface area contributed by atoms with E-state index < -0.39 is 7.94 Å². The van der Waals surface area contributed by atoms with Gasteiger partial charge in [0.2, 0.25) is 0 Å². The predicted octanol–water partition coefficient (Wildman–Crippen LogP) is 9.24. The first-order valence-corrected chi connectivity index (χ1v) is 16.0. The maximum atomic E-state index is 12.9. The summed E-state index contributed by atoms with van der Waals surface area (Å²) in [5.74, 6) is 1.55. The van der Waals surface area contributed by atoms with Crippen molar-refractivity contribution in [2.45, 2.75) is 112 Å². The Hall–Kier alpha value is -2.35. The Labute approximate surface area is 237 Å². The number of aryl methyl sites for hydroxylation is 3. The van der Waals surface area contributed by atoms with Gasteiger partial charge in [0.1, 0.15) is 0 Å². The van der Waals surface area contributed by atoms with E-state index in [9.17, 15) is 4.89 Å². The summed E-state index contributed by atoms with van der Waals surface area (Å²) in [7, 11) is -4.06. The molecule has 0 fully saturated rings. The van der Waals surface area contributed by atoms with E-state index in [-0.39, 0.29) is 22.2 Å². The van der Waals surface area contributed by atoms with Crippen LogP contribution in [0.15, 0.2) is 42.5 Å². The molecule has 0 bridgehead atoms. The zero-order valence-corrected chi connectivity index (χ0v) is 27.4. The molecule has 212 valence electrons. The van der Waals surface area contributed by atoms with Gasteiger partial charge in [-0.2, -0.15) is 0 Å². The number of hydrogen-bond donors (Lipinski definition) is 1. The van der Waals surface area contributed by atoms with E-state index in [1.807, 2.05) is 6.07 Å². The number of fused-ring (bicyclic) bond motifs is 2. The Morgan fingerprint density at radius 1 is 0.590 bits per heavy atom. The van der Waals surface area contributed by atoms with E-state index in [0.717, 1.165) is 50.2 Å². The average molecular weight is 549 g/mol. The third kappa shape index (κ3) is 5.63. The molecule has 0 saturated carbocycles. The SMILES string of the molecule is Cc1ccc([PH]2(O)Oc3c(cc(C)cc3C(C)(C)C)C(C)c3cc(C)cc(C(C)(C)C)c3O2)c(C(C)(C)C)c1. The van der Waals surface area contributed by atoms with Crippen LogP contribution in [0.3, 0.4) is 0 Å². The van der Waals surface area contributed by atoms with Gasteiger partial charge in [-0.15, -0.1) is 0 Å². The topological polar surface area (TPSA) is 38.7 Å². The van der Waals surface area contributed by atoms with E-state index in [1.165, 1.54) is 11.1 Å². The summed E-state index contributed by atoms with van der Waals surface area (Å²) < 4.78 is 14.0. The molecular weight excluding hydrogens is 499 g/mol. The first kappa shape index (κ1) is 29.6. The van der Waals surface area contributed by atoms with Gasteiger partial charge in [-0.05, 0) is 0 Å². The molecule has 0 saturated heterocycles. The van der Waals surface area contributed by atoms with Crippen LogP contribution in [0.2, 0.25) is 0 Å².